The van der Waals surface area contributed by atoms with Gasteiger partial charge in [0.2, 0.25) is 5.91 Å². The summed E-state index contributed by atoms with van der Waals surface area (Å²) in [7, 11) is 0. The van der Waals surface area contributed by atoms with E-state index in [1.165, 1.54) is 16.2 Å². The Kier molecular flexibility index (Phi) is 6.12. The summed E-state index contributed by atoms with van der Waals surface area (Å²) >= 11 is 1.45. The van der Waals surface area contributed by atoms with Crippen molar-refractivity contribution in [1.82, 2.24) is 10.2 Å². The third kappa shape index (κ3) is 5.04. The molecule has 23 heavy (non-hydrogen) atoms. The van der Waals surface area contributed by atoms with Crippen molar-refractivity contribution in [3.05, 3.63) is 22.4 Å². The number of thiophene rings is 1. The zero-order chi connectivity index (χ0) is 16.8. The van der Waals surface area contributed by atoms with Crippen LogP contribution in [0.5, 0.6) is 0 Å². The Morgan fingerprint density at radius 3 is 2.87 bits per heavy atom. The van der Waals surface area contributed by atoms with Crippen molar-refractivity contribution in [3.8, 4) is 0 Å². The lowest BCUT2D eigenvalue weighted by molar-refractivity contribution is -0.166. The average Bonchev–Trinajstić information content (AvgIpc) is 3.04. The SMILES string of the molecule is C[C@@H]1CN(C(=O)CCCNC(=O)c2ccsc2)CC(C(=O)O)O1. The van der Waals surface area contributed by atoms with Gasteiger partial charge in [0, 0.05) is 30.5 Å². The minimum absolute atomic E-state index is 0.0692. The monoisotopic (exact) mass is 340 g/mol. The summed E-state index contributed by atoms with van der Waals surface area (Å²) in [4.78, 5) is 36.4. The second kappa shape index (κ2) is 8.07. The Labute approximate surface area is 138 Å². The molecule has 1 aliphatic heterocycles. The molecule has 2 atom stereocenters. The molecule has 8 heteroatoms. The van der Waals surface area contributed by atoms with Crippen LogP contribution in [-0.2, 0) is 14.3 Å². The predicted octanol–water partition coefficient (Wildman–Crippen LogP) is 0.959. The molecule has 126 valence electrons. The van der Waals surface area contributed by atoms with E-state index in [1.54, 1.807) is 18.4 Å². The van der Waals surface area contributed by atoms with Crippen molar-refractivity contribution in [2.24, 2.45) is 0 Å². The van der Waals surface area contributed by atoms with Gasteiger partial charge in [0.25, 0.3) is 5.91 Å². The van der Waals surface area contributed by atoms with Gasteiger partial charge in [-0.25, -0.2) is 4.79 Å². The molecule has 0 spiro atoms. The Balaban J connectivity index is 1.72. The molecule has 0 aromatic carbocycles. The van der Waals surface area contributed by atoms with Crippen molar-refractivity contribution in [1.29, 1.82) is 0 Å². The van der Waals surface area contributed by atoms with E-state index in [-0.39, 0.29) is 30.9 Å². The molecule has 2 amide bonds. The first-order chi connectivity index (χ1) is 11.0. The lowest BCUT2D eigenvalue weighted by Gasteiger charge is -2.35. The molecule has 2 N–H and O–H groups in total. The van der Waals surface area contributed by atoms with Crippen LogP contribution in [0.15, 0.2) is 16.8 Å². The van der Waals surface area contributed by atoms with Gasteiger partial charge in [-0.3, -0.25) is 9.59 Å². The topological polar surface area (TPSA) is 95.9 Å². The Hall–Kier alpha value is -1.93. The number of nitrogens with one attached hydrogen (secondary N) is 1. The normalized spacial score (nSPS) is 21.0. The van der Waals surface area contributed by atoms with E-state index >= 15 is 0 Å². The molecule has 7 nitrogen and oxygen atoms in total. The fourth-order valence-electron chi connectivity index (χ4n) is 2.39. The zero-order valence-corrected chi connectivity index (χ0v) is 13.7. The number of ether oxygens (including phenoxy) is 1. The van der Waals surface area contributed by atoms with Gasteiger partial charge in [0.1, 0.15) is 0 Å². The molecule has 2 heterocycles. The maximum atomic E-state index is 12.2. The molecule has 1 aromatic rings. The van der Waals surface area contributed by atoms with Crippen LogP contribution in [0.3, 0.4) is 0 Å². The Bertz CT molecular complexity index is 560. The van der Waals surface area contributed by atoms with E-state index in [1.807, 2.05) is 5.38 Å². The Morgan fingerprint density at radius 1 is 1.43 bits per heavy atom. The van der Waals surface area contributed by atoms with E-state index in [9.17, 15) is 14.4 Å². The lowest BCUT2D eigenvalue weighted by atomic mass is 10.2. The zero-order valence-electron chi connectivity index (χ0n) is 12.9. The van der Waals surface area contributed by atoms with Crippen LogP contribution < -0.4 is 5.32 Å². The summed E-state index contributed by atoms with van der Waals surface area (Å²) in [6.45, 7) is 2.61. The summed E-state index contributed by atoms with van der Waals surface area (Å²) in [6.07, 6.45) is -0.491. The number of rotatable bonds is 6. The van der Waals surface area contributed by atoms with Gasteiger partial charge in [-0.05, 0) is 24.8 Å². The highest BCUT2D eigenvalue weighted by molar-refractivity contribution is 7.08. The molecular weight excluding hydrogens is 320 g/mol. The van der Waals surface area contributed by atoms with Crippen molar-refractivity contribution < 1.29 is 24.2 Å². The van der Waals surface area contributed by atoms with Crippen LogP contribution in [0.1, 0.15) is 30.1 Å². The number of carboxylic acid groups (broad SMARTS) is 1. The molecule has 0 bridgehead atoms. The highest BCUT2D eigenvalue weighted by Crippen LogP contribution is 2.13. The number of hydrogen-bond donors (Lipinski definition) is 2. The van der Waals surface area contributed by atoms with Crippen LogP contribution in [-0.4, -0.2) is 59.6 Å². The molecule has 0 radical (unpaired) electrons. The third-order valence-electron chi connectivity index (χ3n) is 3.52. The lowest BCUT2D eigenvalue weighted by Crippen LogP contribution is -2.51. The third-order valence-corrected chi connectivity index (χ3v) is 4.21. The molecule has 1 fully saturated rings. The molecule has 1 aromatic heterocycles. The summed E-state index contributed by atoms with van der Waals surface area (Å²) in [5.41, 5.74) is 0.618. The van der Waals surface area contributed by atoms with Crippen molar-refractivity contribution in [3.63, 3.8) is 0 Å². The van der Waals surface area contributed by atoms with Gasteiger partial charge < -0.3 is 20.1 Å². The van der Waals surface area contributed by atoms with E-state index in [0.717, 1.165) is 0 Å². The van der Waals surface area contributed by atoms with E-state index in [2.05, 4.69) is 5.32 Å². The maximum Gasteiger partial charge on any atom is 0.334 e. The fraction of sp³-hybridized carbons (Fsp3) is 0.533. The molecular formula is C15H20N2O5S. The van der Waals surface area contributed by atoms with Crippen LogP contribution >= 0.6 is 11.3 Å². The summed E-state index contributed by atoms with van der Waals surface area (Å²) in [5, 5.41) is 15.4. The molecule has 1 saturated heterocycles. The van der Waals surface area contributed by atoms with Gasteiger partial charge in [0.05, 0.1) is 12.6 Å². The van der Waals surface area contributed by atoms with Crippen LogP contribution in [0, 0.1) is 0 Å². The van der Waals surface area contributed by atoms with Crippen molar-refractivity contribution in [2.75, 3.05) is 19.6 Å². The van der Waals surface area contributed by atoms with Gasteiger partial charge in [-0.15, -0.1) is 0 Å². The first-order valence-electron chi connectivity index (χ1n) is 7.44. The number of aliphatic carboxylic acids is 1. The molecule has 1 unspecified atom stereocenters. The first kappa shape index (κ1) is 17.4. The van der Waals surface area contributed by atoms with Crippen LogP contribution in [0.25, 0.3) is 0 Å². The maximum absolute atomic E-state index is 12.2. The number of morpholine rings is 1. The van der Waals surface area contributed by atoms with Gasteiger partial charge in [-0.2, -0.15) is 11.3 Å². The largest absolute Gasteiger partial charge is 0.479 e. The van der Waals surface area contributed by atoms with Gasteiger partial charge in [-0.1, -0.05) is 0 Å². The molecule has 0 aliphatic carbocycles. The summed E-state index contributed by atoms with van der Waals surface area (Å²) < 4.78 is 5.28. The number of carbonyl (C=O) groups is 3. The second-order valence-electron chi connectivity index (χ2n) is 5.44. The predicted molar refractivity (Wildman–Crippen MR) is 84.4 cm³/mol. The van der Waals surface area contributed by atoms with Gasteiger partial charge in [0.15, 0.2) is 6.10 Å². The standard InChI is InChI=1S/C15H20N2O5S/c1-10-7-17(8-12(22-10)15(20)21)13(18)3-2-5-16-14(19)11-4-6-23-9-11/h4,6,9-10,12H,2-3,5,7-8H2,1H3,(H,16,19)(H,20,21)/t10-,12?/m1/s1. The molecule has 1 aliphatic rings. The fourth-order valence-corrected chi connectivity index (χ4v) is 3.02. The van der Waals surface area contributed by atoms with Crippen LogP contribution in [0.2, 0.25) is 0 Å². The van der Waals surface area contributed by atoms with E-state index in [4.69, 9.17) is 9.84 Å². The number of carbonyl (C=O) groups excluding carboxylic acids is 2. The van der Waals surface area contributed by atoms with E-state index in [0.29, 0.717) is 25.1 Å². The first-order valence-corrected chi connectivity index (χ1v) is 8.38. The Morgan fingerprint density at radius 2 is 2.22 bits per heavy atom. The van der Waals surface area contributed by atoms with Gasteiger partial charge >= 0.3 is 5.97 Å². The smallest absolute Gasteiger partial charge is 0.334 e. The van der Waals surface area contributed by atoms with E-state index < -0.39 is 12.1 Å². The number of carboxylic acids is 1. The van der Waals surface area contributed by atoms with Crippen molar-refractivity contribution in [2.45, 2.75) is 32.0 Å². The summed E-state index contributed by atoms with van der Waals surface area (Å²) in [6, 6.07) is 1.74. The van der Waals surface area contributed by atoms with Crippen LogP contribution in [0.4, 0.5) is 0 Å². The highest BCUT2D eigenvalue weighted by atomic mass is 32.1. The highest BCUT2D eigenvalue weighted by Gasteiger charge is 2.32. The average molecular weight is 340 g/mol. The van der Waals surface area contributed by atoms with Crippen molar-refractivity contribution >= 4 is 29.1 Å². The molecule has 0 saturated carbocycles. The minimum atomic E-state index is -1.06. The summed E-state index contributed by atoms with van der Waals surface area (Å²) in [5.74, 6) is -1.32. The quantitative estimate of drug-likeness (QED) is 0.752. The minimum Gasteiger partial charge on any atom is -0.479 e. The number of amides is 2. The second-order valence-corrected chi connectivity index (χ2v) is 6.22. The number of nitrogens with zero attached hydrogens (tertiary/aromatic N) is 1. The molecule has 2 rings (SSSR count). The number of hydrogen-bond acceptors (Lipinski definition) is 5.